The van der Waals surface area contributed by atoms with E-state index in [-0.39, 0.29) is 24.1 Å². The summed E-state index contributed by atoms with van der Waals surface area (Å²) in [5.74, 6) is -0.975. The number of fused-ring (bicyclic) bond motifs is 1. The van der Waals surface area contributed by atoms with Gasteiger partial charge in [0, 0.05) is 19.2 Å². The van der Waals surface area contributed by atoms with E-state index in [1.54, 1.807) is 24.3 Å². The number of ether oxygens (including phenoxy) is 4. The number of benzene rings is 3. The van der Waals surface area contributed by atoms with Crippen molar-refractivity contribution in [2.24, 2.45) is 0 Å². The summed E-state index contributed by atoms with van der Waals surface area (Å²) >= 11 is 6.62. The Morgan fingerprint density at radius 1 is 0.938 bits per heavy atom. The molecule has 3 heterocycles. The highest BCUT2D eigenvalue weighted by Gasteiger charge is 2.41. The molecule has 48 heavy (non-hydrogen) atoms. The van der Waals surface area contributed by atoms with Crippen LogP contribution in [0.15, 0.2) is 85.1 Å². The van der Waals surface area contributed by atoms with Gasteiger partial charge >= 0.3 is 11.9 Å². The lowest BCUT2D eigenvalue weighted by atomic mass is 10.1. The van der Waals surface area contributed by atoms with Gasteiger partial charge in [0.25, 0.3) is 0 Å². The van der Waals surface area contributed by atoms with Gasteiger partial charge in [0.1, 0.15) is 35.8 Å². The van der Waals surface area contributed by atoms with Gasteiger partial charge in [-0.25, -0.2) is 14.6 Å². The molecule has 1 saturated heterocycles. The monoisotopic (exact) mass is 668 g/mol. The van der Waals surface area contributed by atoms with Crippen LogP contribution in [0.3, 0.4) is 0 Å². The topological polar surface area (TPSA) is 128 Å². The lowest BCUT2D eigenvalue weighted by Crippen LogP contribution is -2.32. The third kappa shape index (κ3) is 7.84. The van der Waals surface area contributed by atoms with Gasteiger partial charge in [0.15, 0.2) is 0 Å². The van der Waals surface area contributed by atoms with Gasteiger partial charge in [0.05, 0.1) is 23.1 Å². The third-order valence-electron chi connectivity index (χ3n) is 8.27. The summed E-state index contributed by atoms with van der Waals surface area (Å²) < 4.78 is 25.8. The van der Waals surface area contributed by atoms with Crippen molar-refractivity contribution in [3.63, 3.8) is 0 Å². The van der Waals surface area contributed by atoms with Crippen molar-refractivity contribution in [3.05, 3.63) is 124 Å². The number of carbonyl (C=O) groups is 2. The highest BCUT2D eigenvalue weighted by molar-refractivity contribution is 6.34. The number of halogens is 1. The third-order valence-corrected chi connectivity index (χ3v) is 8.55. The van der Waals surface area contributed by atoms with Crippen molar-refractivity contribution in [2.75, 3.05) is 18.9 Å². The molecule has 3 atom stereocenters. The molecular weight excluding hydrogens is 632 g/mol. The van der Waals surface area contributed by atoms with Gasteiger partial charge in [-0.3, -0.25) is 0 Å². The molecule has 6 rings (SSSR count). The Morgan fingerprint density at radius 3 is 2.29 bits per heavy atom. The van der Waals surface area contributed by atoms with Crippen LogP contribution < -0.4 is 5.73 Å². The van der Waals surface area contributed by atoms with Crippen LogP contribution in [0.1, 0.15) is 62.0 Å². The van der Waals surface area contributed by atoms with E-state index in [4.69, 9.17) is 36.3 Å². The van der Waals surface area contributed by atoms with Crippen molar-refractivity contribution in [1.29, 1.82) is 0 Å². The normalized spacial score (nSPS) is 17.4. The number of hydrogen-bond donors (Lipinski definition) is 1. The molecule has 0 saturated carbocycles. The lowest BCUT2D eigenvalue weighted by molar-refractivity contribution is -0.0562. The summed E-state index contributed by atoms with van der Waals surface area (Å²) in [6.45, 7) is 4.82. The molecule has 2 aromatic heterocycles. The quantitative estimate of drug-likeness (QED) is 0.0867. The van der Waals surface area contributed by atoms with Gasteiger partial charge in [0.2, 0.25) is 5.95 Å². The second-order valence-corrected chi connectivity index (χ2v) is 12.3. The van der Waals surface area contributed by atoms with Crippen molar-refractivity contribution < 1.29 is 28.5 Å². The van der Waals surface area contributed by atoms with Crippen molar-refractivity contribution in [2.45, 2.75) is 58.2 Å². The maximum Gasteiger partial charge on any atom is 0.338 e. The zero-order valence-electron chi connectivity index (χ0n) is 26.8. The van der Waals surface area contributed by atoms with E-state index in [2.05, 4.69) is 9.97 Å². The Morgan fingerprint density at radius 2 is 1.60 bits per heavy atom. The molecule has 0 aliphatic carbocycles. The molecule has 3 aromatic carbocycles. The number of rotatable bonds is 12. The number of carbonyl (C=O) groups excluding carboxylic acids is 2. The number of aryl methyl sites for hydroxylation is 3. The van der Waals surface area contributed by atoms with Gasteiger partial charge in [-0.1, -0.05) is 77.3 Å². The number of aromatic nitrogens is 3. The maximum absolute atomic E-state index is 13.2. The number of esters is 2. The number of nitrogens with zero attached hydrogens (tertiary/aromatic N) is 3. The molecule has 0 unspecified atom stereocenters. The van der Waals surface area contributed by atoms with Crippen LogP contribution in [-0.4, -0.2) is 51.9 Å². The van der Waals surface area contributed by atoms with Crippen LogP contribution in [0.5, 0.6) is 0 Å². The Labute approximate surface area is 283 Å². The van der Waals surface area contributed by atoms with Gasteiger partial charge < -0.3 is 29.2 Å². The van der Waals surface area contributed by atoms with E-state index in [1.807, 2.05) is 79.2 Å². The number of nitrogens with two attached hydrogens (primary N) is 1. The van der Waals surface area contributed by atoms with Crippen LogP contribution in [0, 0.1) is 13.8 Å². The lowest BCUT2D eigenvalue weighted by Gasteiger charge is -2.19. The Kier molecular flexibility index (Phi) is 10.3. The number of nitrogen functional groups attached to an aromatic ring is 1. The van der Waals surface area contributed by atoms with Crippen LogP contribution >= 0.6 is 11.6 Å². The first-order chi connectivity index (χ1) is 23.2. The first-order valence-corrected chi connectivity index (χ1v) is 16.2. The second kappa shape index (κ2) is 15.0. The Balaban J connectivity index is 1.21. The molecule has 0 amide bonds. The molecular formula is C37H37ClN4O6. The van der Waals surface area contributed by atoms with E-state index < -0.39 is 30.4 Å². The standard InChI is InChI=1S/C37H37ClN4O6/c1-23-10-14-26(15-11-23)35(43)46-22-30-29(48-36(44)27-16-12-24(2)13-17-27)19-31(47-30)42-20-28(32-33(38)40-37(39)41-34(32)42)9-6-18-45-21-25-7-4-3-5-8-25/h3-5,7-8,10-17,20,29-31H,6,9,18-19,21-22H2,1-2H3,(H2,39,40,41)/t29-,30+,31+/m0/s1. The first-order valence-electron chi connectivity index (χ1n) is 15.9. The van der Waals surface area contributed by atoms with Crippen LogP contribution in [0.4, 0.5) is 5.95 Å². The molecule has 0 radical (unpaired) electrons. The Hall–Kier alpha value is -4.77. The predicted molar refractivity (Wildman–Crippen MR) is 182 cm³/mol. The van der Waals surface area contributed by atoms with Gasteiger partial charge in [-0.15, -0.1) is 0 Å². The summed E-state index contributed by atoms with van der Waals surface area (Å²) in [6, 6.07) is 24.2. The van der Waals surface area contributed by atoms with Gasteiger partial charge in [-0.05, 0) is 62.1 Å². The number of hydrogen-bond acceptors (Lipinski definition) is 9. The Bertz CT molecular complexity index is 1880. The predicted octanol–water partition coefficient (Wildman–Crippen LogP) is 6.80. The summed E-state index contributed by atoms with van der Waals surface area (Å²) in [5.41, 5.74) is 11.4. The average Bonchev–Trinajstić information content (AvgIpc) is 3.65. The highest BCUT2D eigenvalue weighted by Crippen LogP contribution is 2.37. The second-order valence-electron chi connectivity index (χ2n) is 11.9. The maximum atomic E-state index is 13.2. The van der Waals surface area contributed by atoms with E-state index in [0.717, 1.165) is 28.7 Å². The van der Waals surface area contributed by atoms with Gasteiger partial charge in [-0.2, -0.15) is 4.98 Å². The van der Waals surface area contributed by atoms with Crippen LogP contribution in [-0.2, 0) is 32.0 Å². The molecule has 248 valence electrons. The fourth-order valence-corrected chi connectivity index (χ4v) is 6.00. The minimum Gasteiger partial charge on any atom is -0.459 e. The van der Waals surface area contributed by atoms with Crippen LogP contribution in [0.2, 0.25) is 5.15 Å². The molecule has 1 aliphatic heterocycles. The molecule has 1 aliphatic rings. The molecule has 1 fully saturated rings. The smallest absolute Gasteiger partial charge is 0.338 e. The summed E-state index contributed by atoms with van der Waals surface area (Å²) in [7, 11) is 0. The highest BCUT2D eigenvalue weighted by atomic mass is 35.5. The minimum absolute atomic E-state index is 0.0218. The molecule has 0 bridgehead atoms. The molecule has 2 N–H and O–H groups in total. The zero-order valence-corrected chi connectivity index (χ0v) is 27.6. The van der Waals surface area contributed by atoms with E-state index in [1.165, 1.54) is 0 Å². The SMILES string of the molecule is Cc1ccc(C(=O)OC[C@H]2O[C@@H](n3cc(CCCOCc4ccccc4)c4c(Cl)nc(N)nc43)C[C@@H]2OC(=O)c2ccc(C)cc2)cc1. The van der Waals surface area contributed by atoms with Crippen molar-refractivity contribution in [3.8, 4) is 0 Å². The molecule has 11 heteroatoms. The summed E-state index contributed by atoms with van der Waals surface area (Å²) in [5, 5.41) is 0.903. The van der Waals surface area contributed by atoms with Crippen LogP contribution in [0.25, 0.3) is 11.0 Å². The van der Waals surface area contributed by atoms with Crippen molar-refractivity contribution in [1.82, 2.24) is 14.5 Å². The fourth-order valence-electron chi connectivity index (χ4n) is 5.70. The summed E-state index contributed by atoms with van der Waals surface area (Å²) in [4.78, 5) is 34.8. The van der Waals surface area contributed by atoms with E-state index in [0.29, 0.717) is 41.8 Å². The van der Waals surface area contributed by atoms with E-state index in [9.17, 15) is 9.59 Å². The van der Waals surface area contributed by atoms with Crippen molar-refractivity contribution >= 4 is 40.5 Å². The minimum atomic E-state index is -0.749. The summed E-state index contributed by atoms with van der Waals surface area (Å²) in [6.07, 6.45) is 1.46. The van der Waals surface area contributed by atoms with E-state index >= 15 is 0 Å². The molecule has 10 nitrogen and oxygen atoms in total. The number of anilines is 1. The average molecular weight is 669 g/mol. The largest absolute Gasteiger partial charge is 0.459 e. The first kappa shape index (κ1) is 33.1. The molecule has 0 spiro atoms. The molecule has 5 aromatic rings. The fraction of sp³-hybridized carbons (Fsp3) is 0.297. The zero-order chi connectivity index (χ0) is 33.6.